The number of benzene rings is 2. The highest BCUT2D eigenvalue weighted by atomic mass is 19.1. The number of ether oxygens (including phenoxy) is 1. The molecule has 1 aromatic heterocycles. The summed E-state index contributed by atoms with van der Waals surface area (Å²) in [5.74, 6) is 0.215. The van der Waals surface area contributed by atoms with Crippen LogP contribution >= 0.6 is 0 Å². The molecule has 0 aliphatic rings. The second kappa shape index (κ2) is 6.74. The highest BCUT2D eigenvalue weighted by molar-refractivity contribution is 5.98. The van der Waals surface area contributed by atoms with Crippen molar-refractivity contribution in [2.45, 2.75) is 19.9 Å². The molecule has 0 aliphatic heterocycles. The SMILES string of the molecule is CCOc1cccc(C(C)NC(=O)c2cc3cc(F)ccc3[nH]2)c1. The summed E-state index contributed by atoms with van der Waals surface area (Å²) in [7, 11) is 0. The van der Waals surface area contributed by atoms with E-state index in [4.69, 9.17) is 4.74 Å². The summed E-state index contributed by atoms with van der Waals surface area (Å²) >= 11 is 0. The number of aromatic amines is 1. The van der Waals surface area contributed by atoms with Crippen LogP contribution in [0.1, 0.15) is 35.9 Å². The van der Waals surface area contributed by atoms with Gasteiger partial charge in [-0.05, 0) is 55.8 Å². The van der Waals surface area contributed by atoms with Crippen molar-refractivity contribution >= 4 is 16.8 Å². The number of H-pyrrole nitrogens is 1. The lowest BCUT2D eigenvalue weighted by atomic mass is 10.1. The minimum atomic E-state index is -0.324. The Morgan fingerprint density at radius 1 is 1.25 bits per heavy atom. The van der Waals surface area contributed by atoms with Crippen LogP contribution in [0.15, 0.2) is 48.5 Å². The van der Waals surface area contributed by atoms with Crippen molar-refractivity contribution in [3.63, 3.8) is 0 Å². The molecule has 3 aromatic rings. The molecule has 0 radical (unpaired) electrons. The number of halogens is 1. The monoisotopic (exact) mass is 326 g/mol. The molecule has 1 atom stereocenters. The summed E-state index contributed by atoms with van der Waals surface area (Å²) in [6, 6.07) is 13.5. The normalized spacial score (nSPS) is 12.1. The number of rotatable bonds is 5. The van der Waals surface area contributed by atoms with E-state index in [1.165, 1.54) is 12.1 Å². The van der Waals surface area contributed by atoms with Crippen molar-refractivity contribution in [3.8, 4) is 5.75 Å². The molecular formula is C19H19FN2O2. The molecule has 124 valence electrons. The standard InChI is InChI=1S/C19H19FN2O2/c1-3-24-16-6-4-5-13(10-16)12(2)21-19(23)18-11-14-9-15(20)7-8-17(14)22-18/h4-12,22H,3H2,1-2H3,(H,21,23). The third-order valence-corrected chi connectivity index (χ3v) is 3.84. The third-order valence-electron chi connectivity index (χ3n) is 3.84. The van der Waals surface area contributed by atoms with Gasteiger partial charge < -0.3 is 15.0 Å². The van der Waals surface area contributed by atoms with Crippen molar-refractivity contribution < 1.29 is 13.9 Å². The Kier molecular flexibility index (Phi) is 4.51. The zero-order valence-corrected chi connectivity index (χ0v) is 13.6. The van der Waals surface area contributed by atoms with E-state index in [9.17, 15) is 9.18 Å². The maximum Gasteiger partial charge on any atom is 0.268 e. The molecule has 0 fully saturated rings. The number of carbonyl (C=O) groups is 1. The number of hydrogen-bond acceptors (Lipinski definition) is 2. The zero-order chi connectivity index (χ0) is 17.1. The average molecular weight is 326 g/mol. The van der Waals surface area contributed by atoms with Crippen LogP contribution in [0.4, 0.5) is 4.39 Å². The second-order valence-corrected chi connectivity index (χ2v) is 5.62. The topological polar surface area (TPSA) is 54.1 Å². The Morgan fingerprint density at radius 2 is 2.08 bits per heavy atom. The van der Waals surface area contributed by atoms with Gasteiger partial charge in [-0.3, -0.25) is 4.79 Å². The Bertz CT molecular complexity index is 873. The van der Waals surface area contributed by atoms with E-state index in [1.807, 2.05) is 38.1 Å². The van der Waals surface area contributed by atoms with Gasteiger partial charge in [-0.25, -0.2) is 4.39 Å². The van der Waals surface area contributed by atoms with Crippen LogP contribution in [0.3, 0.4) is 0 Å². The molecule has 0 saturated heterocycles. The van der Waals surface area contributed by atoms with Crippen LogP contribution in [-0.4, -0.2) is 17.5 Å². The van der Waals surface area contributed by atoms with E-state index in [0.29, 0.717) is 17.7 Å². The largest absolute Gasteiger partial charge is 0.494 e. The number of hydrogen-bond donors (Lipinski definition) is 2. The van der Waals surface area contributed by atoms with Gasteiger partial charge in [0, 0.05) is 10.9 Å². The van der Waals surface area contributed by atoms with Crippen molar-refractivity contribution in [1.82, 2.24) is 10.3 Å². The molecule has 1 amide bonds. The van der Waals surface area contributed by atoms with Crippen LogP contribution in [-0.2, 0) is 0 Å². The maximum absolute atomic E-state index is 13.3. The van der Waals surface area contributed by atoms with Gasteiger partial charge in [-0.15, -0.1) is 0 Å². The second-order valence-electron chi connectivity index (χ2n) is 5.62. The number of amides is 1. The van der Waals surface area contributed by atoms with Gasteiger partial charge >= 0.3 is 0 Å². The van der Waals surface area contributed by atoms with Crippen LogP contribution in [0.5, 0.6) is 5.75 Å². The lowest BCUT2D eigenvalue weighted by Gasteiger charge is -2.15. The molecule has 1 unspecified atom stereocenters. The zero-order valence-electron chi connectivity index (χ0n) is 13.6. The molecule has 4 nitrogen and oxygen atoms in total. The van der Waals surface area contributed by atoms with Gasteiger partial charge in [0.1, 0.15) is 17.3 Å². The predicted octanol–water partition coefficient (Wildman–Crippen LogP) is 4.20. The van der Waals surface area contributed by atoms with Gasteiger partial charge in [0.25, 0.3) is 5.91 Å². The first-order valence-corrected chi connectivity index (χ1v) is 7.88. The van der Waals surface area contributed by atoms with E-state index in [1.54, 1.807) is 12.1 Å². The van der Waals surface area contributed by atoms with Gasteiger partial charge in [-0.2, -0.15) is 0 Å². The molecule has 0 saturated carbocycles. The predicted molar refractivity (Wildman–Crippen MR) is 91.7 cm³/mol. The summed E-state index contributed by atoms with van der Waals surface area (Å²) in [5.41, 5.74) is 2.09. The minimum absolute atomic E-state index is 0.180. The van der Waals surface area contributed by atoms with Gasteiger partial charge in [-0.1, -0.05) is 12.1 Å². The molecule has 0 bridgehead atoms. The van der Waals surface area contributed by atoms with E-state index in [0.717, 1.165) is 16.8 Å². The lowest BCUT2D eigenvalue weighted by molar-refractivity contribution is 0.0935. The van der Waals surface area contributed by atoms with Gasteiger partial charge in [0.2, 0.25) is 0 Å². The van der Waals surface area contributed by atoms with Gasteiger partial charge in [0.15, 0.2) is 0 Å². The summed E-state index contributed by atoms with van der Waals surface area (Å²) < 4.78 is 18.7. The van der Waals surface area contributed by atoms with E-state index >= 15 is 0 Å². The number of carbonyl (C=O) groups excluding carboxylic acids is 1. The smallest absolute Gasteiger partial charge is 0.268 e. The first-order chi connectivity index (χ1) is 11.6. The summed E-state index contributed by atoms with van der Waals surface area (Å²) in [6.45, 7) is 4.43. The molecule has 2 N–H and O–H groups in total. The number of nitrogens with one attached hydrogen (secondary N) is 2. The molecular weight excluding hydrogens is 307 g/mol. The number of aromatic nitrogens is 1. The van der Waals surface area contributed by atoms with Gasteiger partial charge in [0.05, 0.1) is 12.6 Å². The van der Waals surface area contributed by atoms with Crippen molar-refractivity contribution in [2.75, 3.05) is 6.61 Å². The van der Waals surface area contributed by atoms with Crippen LogP contribution in [0, 0.1) is 5.82 Å². The maximum atomic E-state index is 13.3. The molecule has 3 rings (SSSR count). The Morgan fingerprint density at radius 3 is 2.88 bits per heavy atom. The van der Waals surface area contributed by atoms with E-state index in [2.05, 4.69) is 10.3 Å². The van der Waals surface area contributed by atoms with Crippen molar-refractivity contribution in [2.24, 2.45) is 0 Å². The Hall–Kier alpha value is -2.82. The number of fused-ring (bicyclic) bond motifs is 1. The molecule has 0 spiro atoms. The molecule has 5 heteroatoms. The van der Waals surface area contributed by atoms with Crippen LogP contribution in [0.2, 0.25) is 0 Å². The van der Waals surface area contributed by atoms with E-state index < -0.39 is 0 Å². The fraction of sp³-hybridized carbons (Fsp3) is 0.211. The summed E-state index contributed by atoms with van der Waals surface area (Å²) in [4.78, 5) is 15.4. The average Bonchev–Trinajstić information content (AvgIpc) is 2.98. The highest BCUT2D eigenvalue weighted by Crippen LogP contribution is 2.21. The Labute approximate surface area is 139 Å². The molecule has 24 heavy (non-hydrogen) atoms. The Balaban J connectivity index is 1.76. The van der Waals surface area contributed by atoms with Crippen molar-refractivity contribution in [1.29, 1.82) is 0 Å². The summed E-state index contributed by atoms with van der Waals surface area (Å²) in [6.07, 6.45) is 0. The van der Waals surface area contributed by atoms with Crippen molar-refractivity contribution in [3.05, 3.63) is 65.6 Å². The first kappa shape index (κ1) is 16.1. The van der Waals surface area contributed by atoms with Crippen LogP contribution < -0.4 is 10.1 Å². The van der Waals surface area contributed by atoms with Crippen LogP contribution in [0.25, 0.3) is 10.9 Å². The minimum Gasteiger partial charge on any atom is -0.494 e. The molecule has 1 heterocycles. The first-order valence-electron chi connectivity index (χ1n) is 7.88. The fourth-order valence-corrected chi connectivity index (χ4v) is 2.62. The fourth-order valence-electron chi connectivity index (χ4n) is 2.62. The van der Waals surface area contributed by atoms with E-state index in [-0.39, 0.29) is 17.8 Å². The third kappa shape index (κ3) is 3.40. The highest BCUT2D eigenvalue weighted by Gasteiger charge is 2.14. The summed E-state index contributed by atoms with van der Waals surface area (Å²) in [5, 5.41) is 3.61. The quantitative estimate of drug-likeness (QED) is 0.738. The molecule has 2 aromatic carbocycles. The molecule has 0 aliphatic carbocycles. The lowest BCUT2D eigenvalue weighted by Crippen LogP contribution is -2.26.